The van der Waals surface area contributed by atoms with E-state index in [1.807, 2.05) is 38.1 Å². The fourth-order valence-corrected chi connectivity index (χ4v) is 6.16. The van der Waals surface area contributed by atoms with E-state index in [-0.39, 0.29) is 5.54 Å². The van der Waals surface area contributed by atoms with Crippen molar-refractivity contribution in [3.05, 3.63) is 63.5 Å². The molecule has 0 spiro atoms. The van der Waals surface area contributed by atoms with Crippen LogP contribution in [0.25, 0.3) is 22.2 Å². The number of anilines is 1. The summed E-state index contributed by atoms with van der Waals surface area (Å²) in [6.45, 7) is 7.65. The molecule has 2 fully saturated rings. The van der Waals surface area contributed by atoms with Crippen LogP contribution in [0.2, 0.25) is 10.0 Å². The third-order valence-electron chi connectivity index (χ3n) is 7.73. The Morgan fingerprint density at radius 1 is 1.21 bits per heavy atom. The van der Waals surface area contributed by atoms with E-state index in [1.165, 1.54) is 19.3 Å². The van der Waals surface area contributed by atoms with Crippen LogP contribution in [-0.2, 0) is 0 Å². The summed E-state index contributed by atoms with van der Waals surface area (Å²) in [6, 6.07) is 10.5. The van der Waals surface area contributed by atoms with Crippen LogP contribution in [0.3, 0.4) is 0 Å². The van der Waals surface area contributed by atoms with Crippen LogP contribution >= 0.6 is 23.2 Å². The normalized spacial score (nSPS) is 17.4. The Hall–Kier alpha value is -3.38. The van der Waals surface area contributed by atoms with Crippen molar-refractivity contribution in [2.75, 3.05) is 18.0 Å². The van der Waals surface area contributed by atoms with Crippen molar-refractivity contribution in [1.29, 1.82) is 5.26 Å². The van der Waals surface area contributed by atoms with Crippen LogP contribution in [0.1, 0.15) is 56.0 Å². The molecule has 0 unspecified atom stereocenters. The number of pyridine rings is 2. The Balaban J connectivity index is 1.24. The third-order valence-corrected chi connectivity index (χ3v) is 8.51. The Labute approximate surface area is 237 Å². The average Bonchev–Trinajstić information content (AvgIpc) is 3.30. The topological polar surface area (TPSA) is 103 Å². The lowest BCUT2D eigenvalue weighted by molar-refractivity contribution is 0.201. The molecule has 1 saturated carbocycles. The maximum Gasteiger partial charge on any atom is 0.146 e. The largest absolute Gasteiger partial charge is 0.486 e. The van der Waals surface area contributed by atoms with Crippen molar-refractivity contribution in [2.45, 2.75) is 57.7 Å². The number of H-pyrrole nitrogens is 1. The van der Waals surface area contributed by atoms with Crippen molar-refractivity contribution >= 4 is 39.9 Å². The summed E-state index contributed by atoms with van der Waals surface area (Å²) in [4.78, 5) is 11.1. The van der Waals surface area contributed by atoms with Crippen LogP contribution in [0.4, 0.5) is 5.82 Å². The number of nitriles is 1. The molecule has 1 aliphatic carbocycles. The third kappa shape index (κ3) is 4.80. The zero-order valence-electron chi connectivity index (χ0n) is 22.1. The minimum atomic E-state index is -0.397. The molecule has 1 aromatic carbocycles. The van der Waals surface area contributed by atoms with Gasteiger partial charge in [0.05, 0.1) is 32.4 Å². The molecule has 4 heterocycles. The number of aromatic amines is 1. The van der Waals surface area contributed by atoms with E-state index in [1.54, 1.807) is 12.4 Å². The summed E-state index contributed by atoms with van der Waals surface area (Å²) in [5.41, 5.74) is 4.31. The smallest absolute Gasteiger partial charge is 0.146 e. The molecule has 2 N–H and O–H groups in total. The van der Waals surface area contributed by atoms with Gasteiger partial charge >= 0.3 is 0 Å². The number of fused-ring (bicyclic) bond motifs is 1. The van der Waals surface area contributed by atoms with Crippen LogP contribution in [0, 0.1) is 18.3 Å². The summed E-state index contributed by atoms with van der Waals surface area (Å²) < 4.78 is 6.24. The number of nitrogens with one attached hydrogen (secondary N) is 2. The maximum atomic E-state index is 9.95. The summed E-state index contributed by atoms with van der Waals surface area (Å²) in [6.07, 6.45) is 6.79. The number of rotatable bonds is 7. The molecular weight excluding hydrogens is 533 g/mol. The first kappa shape index (κ1) is 25.9. The second kappa shape index (κ2) is 9.98. The van der Waals surface area contributed by atoms with Gasteiger partial charge in [-0.15, -0.1) is 0 Å². The molecular formula is C29H29Cl2N7O. The van der Waals surface area contributed by atoms with Gasteiger partial charge < -0.3 is 15.0 Å². The Bertz CT molecular complexity index is 1600. The Morgan fingerprint density at radius 3 is 2.72 bits per heavy atom. The van der Waals surface area contributed by atoms with Gasteiger partial charge in [0.1, 0.15) is 29.4 Å². The number of ether oxygens (including phenoxy) is 1. The van der Waals surface area contributed by atoms with Gasteiger partial charge in [-0.2, -0.15) is 10.4 Å². The molecule has 0 amide bonds. The lowest BCUT2D eigenvalue weighted by Gasteiger charge is -2.52. The number of hydrogen-bond acceptors (Lipinski definition) is 7. The number of nitrogens with zero attached hydrogens (tertiary/aromatic N) is 5. The maximum absolute atomic E-state index is 9.95. The summed E-state index contributed by atoms with van der Waals surface area (Å²) in [7, 11) is 0. The molecule has 6 rings (SSSR count). The fraction of sp³-hybridized carbons (Fsp3) is 0.379. The van der Waals surface area contributed by atoms with Crippen molar-refractivity contribution in [2.24, 2.45) is 0 Å². The molecule has 0 radical (unpaired) electrons. The van der Waals surface area contributed by atoms with E-state index in [0.29, 0.717) is 50.2 Å². The minimum Gasteiger partial charge on any atom is -0.486 e. The van der Waals surface area contributed by atoms with E-state index >= 15 is 0 Å². The van der Waals surface area contributed by atoms with E-state index < -0.39 is 6.10 Å². The molecule has 39 heavy (non-hydrogen) atoms. The number of hydrogen-bond donors (Lipinski definition) is 2. The highest BCUT2D eigenvalue weighted by Gasteiger charge is 2.42. The molecule has 10 heteroatoms. The minimum absolute atomic E-state index is 0.0630. The van der Waals surface area contributed by atoms with Gasteiger partial charge in [0.25, 0.3) is 0 Å². The second-order valence-corrected chi connectivity index (χ2v) is 11.6. The molecule has 0 bridgehead atoms. The van der Waals surface area contributed by atoms with E-state index in [0.717, 1.165) is 29.6 Å². The lowest BCUT2D eigenvalue weighted by atomic mass is 9.85. The molecule has 4 aromatic rings. The van der Waals surface area contributed by atoms with Crippen molar-refractivity contribution in [1.82, 2.24) is 25.5 Å². The van der Waals surface area contributed by atoms with Gasteiger partial charge in [0.2, 0.25) is 0 Å². The summed E-state index contributed by atoms with van der Waals surface area (Å²) in [5.74, 6) is 1.36. The zero-order valence-corrected chi connectivity index (χ0v) is 23.6. The highest BCUT2D eigenvalue weighted by atomic mass is 35.5. The quantitative estimate of drug-likeness (QED) is 0.270. The van der Waals surface area contributed by atoms with Gasteiger partial charge in [0.15, 0.2) is 0 Å². The highest BCUT2D eigenvalue weighted by molar-refractivity contribution is 6.36. The standard InChI is InChI=1S/C29H29Cl2N7O/c1-16-26(31)25(23(30)13-33-16)17(2)39-21-7-8-24-22(10-21)27(37-36-24)19-9-18(11-32)28(34-12-19)38-14-29(3,15-38)35-20-5-4-6-20/h7-10,12-13,17,20,35H,4-6,14-15H2,1-3H3,(H,36,37)/t17-/m1/s1. The monoisotopic (exact) mass is 561 g/mol. The Kier molecular flexibility index (Phi) is 6.62. The molecule has 2 aliphatic rings. The second-order valence-electron chi connectivity index (χ2n) is 10.9. The van der Waals surface area contributed by atoms with E-state index in [2.05, 4.69) is 38.4 Å². The van der Waals surface area contributed by atoms with Crippen molar-refractivity contribution in [3.8, 4) is 23.1 Å². The number of halogens is 2. The average molecular weight is 563 g/mol. The predicted octanol–water partition coefficient (Wildman–Crippen LogP) is 6.37. The summed E-state index contributed by atoms with van der Waals surface area (Å²) in [5, 5.41) is 23.1. The van der Waals surface area contributed by atoms with Crippen LogP contribution in [-0.4, -0.2) is 44.8 Å². The van der Waals surface area contributed by atoms with Gasteiger partial charge in [-0.05, 0) is 57.9 Å². The molecule has 1 saturated heterocycles. The first-order valence-electron chi connectivity index (χ1n) is 13.1. The van der Waals surface area contributed by atoms with Gasteiger partial charge in [-0.1, -0.05) is 29.6 Å². The van der Waals surface area contributed by atoms with E-state index in [9.17, 15) is 5.26 Å². The van der Waals surface area contributed by atoms with Crippen LogP contribution < -0.4 is 15.0 Å². The SMILES string of the molecule is Cc1ncc(Cl)c([C@@H](C)Oc2ccc3[nH]nc(-c4cnc(N5CC(C)(NC6CCC6)C5)c(C#N)c4)c3c2)c1Cl. The first-order valence-corrected chi connectivity index (χ1v) is 13.9. The number of benzene rings is 1. The van der Waals surface area contributed by atoms with Gasteiger partial charge in [-0.25, -0.2) is 4.98 Å². The molecule has 200 valence electrons. The molecule has 3 aromatic heterocycles. The molecule has 1 aliphatic heterocycles. The van der Waals surface area contributed by atoms with E-state index in [4.69, 9.17) is 32.9 Å². The molecule has 8 nitrogen and oxygen atoms in total. The lowest BCUT2D eigenvalue weighted by Crippen LogP contribution is -2.70. The van der Waals surface area contributed by atoms with Crippen molar-refractivity contribution in [3.63, 3.8) is 0 Å². The summed E-state index contributed by atoms with van der Waals surface area (Å²) >= 11 is 12.9. The van der Waals surface area contributed by atoms with Gasteiger partial charge in [-0.3, -0.25) is 10.1 Å². The van der Waals surface area contributed by atoms with Crippen LogP contribution in [0.15, 0.2) is 36.7 Å². The number of aromatic nitrogens is 4. The first-order chi connectivity index (χ1) is 18.7. The van der Waals surface area contributed by atoms with Gasteiger partial charge in [0, 0.05) is 48.0 Å². The number of aryl methyl sites for hydroxylation is 1. The van der Waals surface area contributed by atoms with Crippen molar-refractivity contribution < 1.29 is 4.74 Å². The molecule has 1 atom stereocenters. The highest BCUT2D eigenvalue weighted by Crippen LogP contribution is 2.37. The zero-order chi connectivity index (χ0) is 27.3. The Morgan fingerprint density at radius 2 is 2.00 bits per heavy atom. The fourth-order valence-electron chi connectivity index (χ4n) is 5.51. The van der Waals surface area contributed by atoms with Crippen LogP contribution in [0.5, 0.6) is 5.75 Å². The predicted molar refractivity (Wildman–Crippen MR) is 153 cm³/mol.